The van der Waals surface area contributed by atoms with Gasteiger partial charge in [-0.1, -0.05) is 12.1 Å². The third-order valence-electron chi connectivity index (χ3n) is 6.09. The monoisotopic (exact) mass is 440 g/mol. The second kappa shape index (κ2) is 8.22. The van der Waals surface area contributed by atoms with Gasteiger partial charge in [0.15, 0.2) is 16.6 Å². The highest BCUT2D eigenvalue weighted by atomic mass is 32.1. The van der Waals surface area contributed by atoms with Crippen LogP contribution in [0.5, 0.6) is 11.5 Å². The normalized spacial score (nSPS) is 20.7. The zero-order valence-corrected chi connectivity index (χ0v) is 17.8. The Hall–Kier alpha value is -3.07. The highest BCUT2D eigenvalue weighted by molar-refractivity contribution is 7.80. The molecule has 1 aromatic heterocycles. The van der Waals surface area contributed by atoms with Gasteiger partial charge in [0.05, 0.1) is 6.54 Å². The van der Waals surface area contributed by atoms with Crippen LogP contribution in [0.3, 0.4) is 0 Å². The number of ether oxygens (including phenoxy) is 2. The molecule has 0 spiro atoms. The maximum Gasteiger partial charge on any atom is 0.250 e. The predicted molar refractivity (Wildman–Crippen MR) is 118 cm³/mol. The number of nitrogens with one attached hydrogen (secondary N) is 2. The highest BCUT2D eigenvalue weighted by Crippen LogP contribution is 2.35. The van der Waals surface area contributed by atoms with Gasteiger partial charge in [-0.3, -0.25) is 9.59 Å². The van der Waals surface area contributed by atoms with Gasteiger partial charge < -0.3 is 29.6 Å². The van der Waals surface area contributed by atoms with Gasteiger partial charge in [-0.2, -0.15) is 0 Å². The van der Waals surface area contributed by atoms with E-state index in [1.165, 1.54) is 0 Å². The lowest BCUT2D eigenvalue weighted by atomic mass is 9.83. The van der Waals surface area contributed by atoms with Crippen LogP contribution in [0.4, 0.5) is 0 Å². The lowest BCUT2D eigenvalue weighted by Crippen LogP contribution is -2.52. The number of amides is 1. The molecule has 0 aliphatic carbocycles. The van der Waals surface area contributed by atoms with Crippen molar-refractivity contribution in [3.05, 3.63) is 58.0 Å². The summed E-state index contributed by atoms with van der Waals surface area (Å²) in [6.07, 6.45) is 1.07. The van der Waals surface area contributed by atoms with E-state index in [1.54, 1.807) is 6.07 Å². The minimum atomic E-state index is -0.130. The number of carbonyl (C=O) groups excluding carboxylic acids is 1. The first-order valence-electron chi connectivity index (χ1n) is 10.4. The fourth-order valence-electron chi connectivity index (χ4n) is 4.64. The second-order valence-corrected chi connectivity index (χ2v) is 8.61. The fourth-order valence-corrected chi connectivity index (χ4v) is 4.87. The molecule has 1 aromatic carbocycles. The first-order chi connectivity index (χ1) is 15.1. The minimum absolute atomic E-state index is 0.0699. The van der Waals surface area contributed by atoms with Crippen molar-refractivity contribution < 1.29 is 14.3 Å². The standard InChI is InChI=1S/C22H24N4O4S/c27-20(23-8-14-4-5-18-19(7-14)30-13-29-18)9-24-22(31)25-10-15-6-16(12-25)17-2-1-3-21(28)26(17)11-15/h1-5,7,15-16H,6,8-13H2,(H,23,27)(H,24,31)/t15-,16+/m1/s1. The van der Waals surface area contributed by atoms with Crippen LogP contribution in [0.1, 0.15) is 23.6 Å². The lowest BCUT2D eigenvalue weighted by Gasteiger charge is -2.43. The summed E-state index contributed by atoms with van der Waals surface area (Å²) >= 11 is 5.56. The van der Waals surface area contributed by atoms with Crippen LogP contribution in [0.15, 0.2) is 41.2 Å². The Bertz CT molecular complexity index is 1090. The number of aromatic nitrogens is 1. The molecule has 162 valence electrons. The van der Waals surface area contributed by atoms with E-state index in [1.807, 2.05) is 34.9 Å². The van der Waals surface area contributed by atoms with E-state index in [0.29, 0.717) is 23.3 Å². The third-order valence-corrected chi connectivity index (χ3v) is 6.50. The molecule has 4 heterocycles. The summed E-state index contributed by atoms with van der Waals surface area (Å²) in [6, 6.07) is 11.1. The molecule has 3 aliphatic heterocycles. The molecule has 0 saturated carbocycles. The SMILES string of the molecule is O=C(CNC(=S)N1C[C@H]2C[C@@H](C1)c1cccc(=O)n1C2)NCc1ccc2c(c1)OCO2. The van der Waals surface area contributed by atoms with E-state index in [0.717, 1.165) is 43.1 Å². The van der Waals surface area contributed by atoms with E-state index in [-0.39, 0.29) is 30.7 Å². The number of hydrogen-bond donors (Lipinski definition) is 2. The summed E-state index contributed by atoms with van der Waals surface area (Å²) in [6.45, 7) is 3.02. The molecule has 3 aliphatic rings. The van der Waals surface area contributed by atoms with Crippen LogP contribution >= 0.6 is 12.2 Å². The molecular formula is C22H24N4O4S. The van der Waals surface area contributed by atoms with E-state index >= 15 is 0 Å². The molecule has 0 unspecified atom stereocenters. The van der Waals surface area contributed by atoms with Crippen LogP contribution in [-0.4, -0.2) is 46.9 Å². The molecule has 2 atom stereocenters. The van der Waals surface area contributed by atoms with Crippen molar-refractivity contribution in [3.8, 4) is 11.5 Å². The van der Waals surface area contributed by atoms with Crippen molar-refractivity contribution in [1.29, 1.82) is 0 Å². The number of nitrogens with zero attached hydrogens (tertiary/aromatic N) is 2. The number of likely N-dealkylation sites (tertiary alicyclic amines) is 1. The first kappa shape index (κ1) is 19.9. The summed E-state index contributed by atoms with van der Waals surface area (Å²) in [7, 11) is 0. The molecule has 1 amide bonds. The molecule has 2 bridgehead atoms. The number of carbonyl (C=O) groups is 1. The Morgan fingerprint density at radius 2 is 1.97 bits per heavy atom. The van der Waals surface area contributed by atoms with Gasteiger partial charge in [-0.15, -0.1) is 0 Å². The Kier molecular flexibility index (Phi) is 5.27. The van der Waals surface area contributed by atoms with Crippen LogP contribution in [-0.2, 0) is 17.9 Å². The number of hydrogen-bond acceptors (Lipinski definition) is 5. The Labute approximate surface area is 185 Å². The molecule has 2 N–H and O–H groups in total. The maximum absolute atomic E-state index is 12.3. The smallest absolute Gasteiger partial charge is 0.250 e. The van der Waals surface area contributed by atoms with Crippen molar-refractivity contribution in [2.45, 2.75) is 25.4 Å². The number of pyridine rings is 1. The molecule has 1 saturated heterocycles. The number of fused-ring (bicyclic) bond motifs is 5. The largest absolute Gasteiger partial charge is 0.454 e. The van der Waals surface area contributed by atoms with Gasteiger partial charge in [-0.25, -0.2) is 0 Å². The van der Waals surface area contributed by atoms with Gasteiger partial charge in [0.1, 0.15) is 0 Å². The summed E-state index contributed by atoms with van der Waals surface area (Å²) in [5.41, 5.74) is 2.09. The molecule has 9 heteroatoms. The van der Waals surface area contributed by atoms with Crippen molar-refractivity contribution >= 4 is 23.2 Å². The van der Waals surface area contributed by atoms with E-state index in [2.05, 4.69) is 15.5 Å². The van der Waals surface area contributed by atoms with Gasteiger partial charge >= 0.3 is 0 Å². The number of rotatable bonds is 4. The van der Waals surface area contributed by atoms with Gasteiger partial charge in [-0.05, 0) is 48.3 Å². The molecule has 5 rings (SSSR count). The Morgan fingerprint density at radius 1 is 1.10 bits per heavy atom. The van der Waals surface area contributed by atoms with Crippen molar-refractivity contribution in [3.63, 3.8) is 0 Å². The zero-order chi connectivity index (χ0) is 21.4. The molecule has 1 fully saturated rings. The quantitative estimate of drug-likeness (QED) is 0.691. The topological polar surface area (TPSA) is 84.8 Å². The summed E-state index contributed by atoms with van der Waals surface area (Å²) in [5, 5.41) is 6.56. The van der Waals surface area contributed by atoms with Crippen molar-refractivity contribution in [1.82, 2.24) is 20.1 Å². The van der Waals surface area contributed by atoms with Crippen LogP contribution in [0.25, 0.3) is 0 Å². The maximum atomic E-state index is 12.3. The zero-order valence-electron chi connectivity index (χ0n) is 17.0. The molecule has 0 radical (unpaired) electrons. The minimum Gasteiger partial charge on any atom is -0.454 e. The average molecular weight is 441 g/mol. The van der Waals surface area contributed by atoms with Crippen molar-refractivity contribution in [2.24, 2.45) is 5.92 Å². The van der Waals surface area contributed by atoms with Crippen molar-refractivity contribution in [2.75, 3.05) is 26.4 Å². The van der Waals surface area contributed by atoms with Crippen LogP contribution < -0.4 is 25.7 Å². The van der Waals surface area contributed by atoms with Gasteiger partial charge in [0, 0.05) is 43.9 Å². The van der Waals surface area contributed by atoms with Gasteiger partial charge in [0.2, 0.25) is 12.7 Å². The Morgan fingerprint density at radius 3 is 2.87 bits per heavy atom. The molecular weight excluding hydrogens is 416 g/mol. The number of benzene rings is 1. The predicted octanol–water partition coefficient (Wildman–Crippen LogP) is 1.19. The van der Waals surface area contributed by atoms with Gasteiger partial charge in [0.25, 0.3) is 5.56 Å². The first-order valence-corrected chi connectivity index (χ1v) is 10.9. The highest BCUT2D eigenvalue weighted by Gasteiger charge is 2.35. The third kappa shape index (κ3) is 4.10. The van der Waals surface area contributed by atoms with E-state index in [9.17, 15) is 9.59 Å². The van der Waals surface area contributed by atoms with E-state index < -0.39 is 0 Å². The fraction of sp³-hybridized carbons (Fsp3) is 0.409. The summed E-state index contributed by atoms with van der Waals surface area (Å²) in [4.78, 5) is 26.6. The molecule has 8 nitrogen and oxygen atoms in total. The lowest BCUT2D eigenvalue weighted by molar-refractivity contribution is -0.120. The van der Waals surface area contributed by atoms with E-state index in [4.69, 9.17) is 21.7 Å². The summed E-state index contributed by atoms with van der Waals surface area (Å²) in [5.74, 6) is 1.95. The molecule has 2 aromatic rings. The second-order valence-electron chi connectivity index (χ2n) is 8.23. The summed E-state index contributed by atoms with van der Waals surface area (Å²) < 4.78 is 12.6. The van der Waals surface area contributed by atoms with Crippen LogP contribution in [0.2, 0.25) is 0 Å². The Balaban J connectivity index is 1.12. The molecule has 31 heavy (non-hydrogen) atoms. The average Bonchev–Trinajstić information content (AvgIpc) is 3.24. The number of piperidine rings is 1. The number of thiocarbonyl (C=S) groups is 1. The van der Waals surface area contributed by atoms with Crippen LogP contribution in [0, 0.1) is 5.92 Å².